The van der Waals surface area contributed by atoms with Crippen molar-refractivity contribution in [1.29, 1.82) is 0 Å². The Kier molecular flexibility index (Phi) is 0.817. The number of hydrogen-bond acceptors (Lipinski definition) is 1. The molecule has 3 nitrogen and oxygen atoms in total. The molecule has 3 heteroatoms. The molecule has 1 aromatic heterocycles. The van der Waals surface area contributed by atoms with Gasteiger partial charge in [0.25, 0.3) is 0 Å². The highest BCUT2D eigenvalue weighted by Crippen LogP contribution is 1.64. The van der Waals surface area contributed by atoms with Gasteiger partial charge in [0.2, 0.25) is 0 Å². The van der Waals surface area contributed by atoms with Crippen molar-refractivity contribution < 1.29 is 4.68 Å². The molecule has 1 aromatic rings. The van der Waals surface area contributed by atoms with Crippen molar-refractivity contribution in [2.24, 2.45) is 14.1 Å². The lowest BCUT2D eigenvalue weighted by atomic mass is 10.9. The van der Waals surface area contributed by atoms with E-state index in [9.17, 15) is 0 Å². The monoisotopic (exact) mass is 98.1 g/mol. The van der Waals surface area contributed by atoms with Crippen LogP contribution in [0.1, 0.15) is 0 Å². The maximum atomic E-state index is 3.94. The van der Waals surface area contributed by atoms with E-state index in [0.29, 0.717) is 0 Å². The summed E-state index contributed by atoms with van der Waals surface area (Å²) in [6, 6.07) is 0. The van der Waals surface area contributed by atoms with Crippen LogP contribution in [-0.2, 0) is 14.1 Å². The molecule has 0 N–H and O–H groups in total. The second kappa shape index (κ2) is 1.33. The number of aryl methyl sites for hydroxylation is 2. The van der Waals surface area contributed by atoms with Gasteiger partial charge in [0.1, 0.15) is 14.1 Å². The summed E-state index contributed by atoms with van der Waals surface area (Å²) in [5, 5.41) is 3.94. The summed E-state index contributed by atoms with van der Waals surface area (Å²) in [6.07, 6.45) is 3.78. The van der Waals surface area contributed by atoms with Crippen molar-refractivity contribution in [2.75, 3.05) is 0 Å². The predicted molar refractivity (Wildman–Crippen MR) is 24.4 cm³/mol. The van der Waals surface area contributed by atoms with Crippen molar-refractivity contribution in [1.82, 2.24) is 9.90 Å². The molecular weight excluding hydrogens is 90.1 g/mol. The lowest BCUT2D eigenvalue weighted by Crippen LogP contribution is -2.29. The van der Waals surface area contributed by atoms with E-state index in [4.69, 9.17) is 0 Å². The summed E-state index contributed by atoms with van der Waals surface area (Å²) in [5.74, 6) is 0. The summed E-state index contributed by atoms with van der Waals surface area (Å²) >= 11 is 0. The van der Waals surface area contributed by atoms with E-state index in [1.807, 2.05) is 26.5 Å². The highest BCUT2D eigenvalue weighted by Gasteiger charge is 1.89. The number of hydrogen-bond donors (Lipinski definition) is 0. The smallest absolute Gasteiger partial charge is 0.141 e. The summed E-state index contributed by atoms with van der Waals surface area (Å²) in [5.41, 5.74) is 0. The van der Waals surface area contributed by atoms with Crippen LogP contribution in [0.2, 0.25) is 0 Å². The zero-order valence-corrected chi connectivity index (χ0v) is 4.50. The maximum Gasteiger partial charge on any atom is 0.154 e. The Hall–Kier alpha value is -0.860. The molecule has 1 heterocycles. The standard InChI is InChI=1S/C4H8N3/c1-6-3-4-7(2)5-6/h3-4H,1-2H3/q+1. The van der Waals surface area contributed by atoms with Gasteiger partial charge in [-0.1, -0.05) is 0 Å². The van der Waals surface area contributed by atoms with Crippen LogP contribution in [-0.4, -0.2) is 9.90 Å². The second-order valence-corrected chi connectivity index (χ2v) is 1.53. The fourth-order valence-electron chi connectivity index (χ4n) is 0.475. The van der Waals surface area contributed by atoms with Gasteiger partial charge in [0.15, 0.2) is 12.4 Å². The van der Waals surface area contributed by atoms with Gasteiger partial charge in [-0.15, -0.1) is 9.36 Å². The summed E-state index contributed by atoms with van der Waals surface area (Å²) in [7, 11) is 3.78. The quantitative estimate of drug-likeness (QED) is 0.391. The Balaban J connectivity index is 3.04. The third-order valence-electron chi connectivity index (χ3n) is 0.780. The van der Waals surface area contributed by atoms with Crippen LogP contribution in [0.3, 0.4) is 0 Å². The third kappa shape index (κ3) is 0.765. The molecule has 0 radical (unpaired) electrons. The average Bonchev–Trinajstić information content (AvgIpc) is 1.87. The van der Waals surface area contributed by atoms with E-state index >= 15 is 0 Å². The maximum absolute atomic E-state index is 3.94. The lowest BCUT2D eigenvalue weighted by molar-refractivity contribution is -0.732. The Morgan fingerprint density at radius 3 is 2.57 bits per heavy atom. The largest absolute Gasteiger partial charge is 0.154 e. The Bertz CT molecular complexity index is 139. The fourth-order valence-corrected chi connectivity index (χ4v) is 0.475. The first kappa shape index (κ1) is 4.30. The summed E-state index contributed by atoms with van der Waals surface area (Å²) < 4.78 is 3.50. The minimum atomic E-state index is 1.75. The topological polar surface area (TPSA) is 21.7 Å². The van der Waals surface area contributed by atoms with Gasteiger partial charge >= 0.3 is 0 Å². The molecule has 0 fully saturated rings. The molecule has 0 atom stereocenters. The molecule has 0 saturated carbocycles. The van der Waals surface area contributed by atoms with Crippen LogP contribution in [0.5, 0.6) is 0 Å². The van der Waals surface area contributed by atoms with Crippen LogP contribution in [0, 0.1) is 0 Å². The highest BCUT2D eigenvalue weighted by molar-refractivity contribution is 4.52. The van der Waals surface area contributed by atoms with Gasteiger partial charge in [-0.2, -0.15) is 0 Å². The van der Waals surface area contributed by atoms with E-state index in [-0.39, 0.29) is 0 Å². The van der Waals surface area contributed by atoms with Gasteiger partial charge < -0.3 is 0 Å². The second-order valence-electron chi connectivity index (χ2n) is 1.53. The Morgan fingerprint density at radius 2 is 2.43 bits per heavy atom. The molecule has 0 spiro atoms. The first-order chi connectivity index (χ1) is 3.29. The molecule has 0 aromatic carbocycles. The molecule has 0 amide bonds. The van der Waals surface area contributed by atoms with Gasteiger partial charge in [0, 0.05) is 0 Å². The number of rotatable bonds is 0. The molecule has 0 aliphatic rings. The van der Waals surface area contributed by atoms with E-state index in [1.165, 1.54) is 0 Å². The molecule has 0 bridgehead atoms. The van der Waals surface area contributed by atoms with Crippen LogP contribution < -0.4 is 4.68 Å². The Morgan fingerprint density at radius 1 is 1.71 bits per heavy atom. The zero-order valence-electron chi connectivity index (χ0n) is 4.50. The summed E-state index contributed by atoms with van der Waals surface area (Å²) in [4.78, 5) is 0. The van der Waals surface area contributed by atoms with E-state index in [2.05, 4.69) is 5.21 Å². The van der Waals surface area contributed by atoms with Gasteiger partial charge in [0.05, 0.1) is 5.21 Å². The van der Waals surface area contributed by atoms with Crippen LogP contribution >= 0.6 is 0 Å². The minimum absolute atomic E-state index is 1.75. The predicted octanol–water partition coefficient (Wildman–Crippen LogP) is -0.755. The van der Waals surface area contributed by atoms with Crippen LogP contribution in [0.15, 0.2) is 12.4 Å². The minimum Gasteiger partial charge on any atom is -0.141 e. The van der Waals surface area contributed by atoms with E-state index in [0.717, 1.165) is 0 Å². The average molecular weight is 98.1 g/mol. The number of nitrogens with zero attached hydrogens (tertiary/aromatic N) is 3. The third-order valence-corrected chi connectivity index (χ3v) is 0.780. The molecule has 0 saturated heterocycles. The SMILES string of the molecule is Cn1cc[n+](C)n1. The van der Waals surface area contributed by atoms with Crippen molar-refractivity contribution in [3.8, 4) is 0 Å². The molecular formula is C4H8N3+. The lowest BCUT2D eigenvalue weighted by Gasteiger charge is -1.69. The molecule has 1 rings (SSSR count). The fraction of sp³-hybridized carbons (Fsp3) is 0.500. The first-order valence-corrected chi connectivity index (χ1v) is 2.14. The van der Waals surface area contributed by atoms with E-state index < -0.39 is 0 Å². The molecule has 0 aliphatic carbocycles. The molecule has 0 unspecified atom stereocenters. The summed E-state index contributed by atoms with van der Waals surface area (Å²) in [6.45, 7) is 0. The van der Waals surface area contributed by atoms with Crippen molar-refractivity contribution in [3.63, 3.8) is 0 Å². The number of aromatic nitrogens is 3. The zero-order chi connectivity index (χ0) is 5.28. The Labute approximate surface area is 42.2 Å². The van der Waals surface area contributed by atoms with Crippen molar-refractivity contribution >= 4 is 0 Å². The van der Waals surface area contributed by atoms with Crippen molar-refractivity contribution in [2.45, 2.75) is 0 Å². The van der Waals surface area contributed by atoms with Gasteiger partial charge in [-0.05, 0) is 0 Å². The van der Waals surface area contributed by atoms with Crippen molar-refractivity contribution in [3.05, 3.63) is 12.4 Å². The van der Waals surface area contributed by atoms with Crippen LogP contribution in [0.4, 0.5) is 0 Å². The molecule has 7 heavy (non-hydrogen) atoms. The molecule has 0 aliphatic heterocycles. The van der Waals surface area contributed by atoms with E-state index in [1.54, 1.807) is 9.36 Å². The first-order valence-electron chi connectivity index (χ1n) is 2.14. The van der Waals surface area contributed by atoms with Crippen LogP contribution in [0.25, 0.3) is 0 Å². The molecule has 38 valence electrons. The van der Waals surface area contributed by atoms with Gasteiger partial charge in [-0.25, -0.2) is 0 Å². The van der Waals surface area contributed by atoms with Gasteiger partial charge in [-0.3, -0.25) is 0 Å². The normalized spacial score (nSPS) is 9.43. The highest BCUT2D eigenvalue weighted by atomic mass is 15.5.